The van der Waals surface area contributed by atoms with E-state index in [0.717, 1.165) is 11.3 Å². The van der Waals surface area contributed by atoms with E-state index in [-0.39, 0.29) is 11.0 Å². The van der Waals surface area contributed by atoms with Crippen molar-refractivity contribution >= 4 is 51.4 Å². The Morgan fingerprint density at radius 2 is 1.96 bits per heavy atom. The lowest BCUT2D eigenvalue weighted by molar-refractivity contribution is 0.0981. The average molecular weight is 408 g/mol. The molecule has 2 heterocycles. The number of hydrogen-bond donors (Lipinski definition) is 2. The first-order valence-corrected chi connectivity index (χ1v) is 9.92. The summed E-state index contributed by atoms with van der Waals surface area (Å²) in [5.41, 5.74) is 5.48. The molecule has 0 spiro atoms. The van der Waals surface area contributed by atoms with Crippen LogP contribution in [-0.2, 0) is 0 Å². The van der Waals surface area contributed by atoms with Crippen LogP contribution in [0.15, 0.2) is 58.3 Å². The number of carbonyl (C=O) groups excluding carboxylic acids is 1. The Balaban J connectivity index is 1.52. The standard InChI is InChI=1S/C21H17N3O2S2/c1-12-5-6-14(10-13(12)2)20-23-16-11-15(7-8-17(16)26-20)22-21(27)24-19(25)18-4-3-9-28-18/h3-11H,1-2H3,(H2,22,24,25,27). The number of benzene rings is 2. The first-order chi connectivity index (χ1) is 13.5. The fourth-order valence-electron chi connectivity index (χ4n) is 2.74. The highest BCUT2D eigenvalue weighted by Crippen LogP contribution is 2.27. The third kappa shape index (κ3) is 3.81. The number of aromatic nitrogens is 1. The van der Waals surface area contributed by atoms with Gasteiger partial charge < -0.3 is 9.73 Å². The van der Waals surface area contributed by atoms with Gasteiger partial charge in [0.2, 0.25) is 5.89 Å². The fourth-order valence-corrected chi connectivity index (χ4v) is 3.57. The van der Waals surface area contributed by atoms with Crippen molar-refractivity contribution in [1.82, 2.24) is 10.3 Å². The molecule has 140 valence electrons. The van der Waals surface area contributed by atoms with E-state index in [4.69, 9.17) is 16.6 Å². The molecule has 2 aromatic heterocycles. The third-order valence-electron chi connectivity index (χ3n) is 4.37. The fraction of sp³-hybridized carbons (Fsp3) is 0.0952. The SMILES string of the molecule is Cc1ccc(-c2nc3cc(NC(=S)NC(=O)c4cccs4)ccc3o2)cc1C. The van der Waals surface area contributed by atoms with Crippen LogP contribution in [-0.4, -0.2) is 16.0 Å². The molecule has 0 aliphatic carbocycles. The summed E-state index contributed by atoms with van der Waals surface area (Å²) in [5.74, 6) is 0.343. The van der Waals surface area contributed by atoms with Crippen molar-refractivity contribution in [1.29, 1.82) is 0 Å². The van der Waals surface area contributed by atoms with Crippen molar-refractivity contribution in [2.24, 2.45) is 0 Å². The molecule has 4 rings (SSSR count). The van der Waals surface area contributed by atoms with Gasteiger partial charge >= 0.3 is 0 Å². The highest BCUT2D eigenvalue weighted by atomic mass is 32.1. The van der Waals surface area contributed by atoms with E-state index >= 15 is 0 Å². The van der Waals surface area contributed by atoms with E-state index in [1.807, 2.05) is 35.7 Å². The number of rotatable bonds is 3. The van der Waals surface area contributed by atoms with E-state index in [1.165, 1.54) is 22.5 Å². The molecular weight excluding hydrogens is 390 g/mol. The molecule has 4 aromatic rings. The van der Waals surface area contributed by atoms with E-state index in [0.29, 0.717) is 21.9 Å². The second-order valence-corrected chi connectivity index (χ2v) is 7.74. The van der Waals surface area contributed by atoms with Crippen LogP contribution in [0.2, 0.25) is 0 Å². The smallest absolute Gasteiger partial charge is 0.267 e. The van der Waals surface area contributed by atoms with E-state index < -0.39 is 0 Å². The number of nitrogens with zero attached hydrogens (tertiary/aromatic N) is 1. The molecule has 0 aliphatic rings. The van der Waals surface area contributed by atoms with E-state index in [2.05, 4.69) is 41.6 Å². The van der Waals surface area contributed by atoms with Gasteiger partial charge in [-0.25, -0.2) is 4.98 Å². The molecule has 0 radical (unpaired) electrons. The summed E-state index contributed by atoms with van der Waals surface area (Å²) in [7, 11) is 0. The number of anilines is 1. The van der Waals surface area contributed by atoms with Gasteiger partial charge in [0.15, 0.2) is 10.7 Å². The first kappa shape index (κ1) is 18.3. The maximum atomic E-state index is 12.1. The molecule has 5 nitrogen and oxygen atoms in total. The van der Waals surface area contributed by atoms with Crippen molar-refractivity contribution in [2.45, 2.75) is 13.8 Å². The molecule has 2 N–H and O–H groups in total. The molecule has 0 saturated carbocycles. The zero-order valence-electron chi connectivity index (χ0n) is 15.3. The van der Waals surface area contributed by atoms with Crippen molar-refractivity contribution in [3.05, 3.63) is 69.9 Å². The molecule has 1 amide bonds. The van der Waals surface area contributed by atoms with Gasteiger partial charge in [0.1, 0.15) is 5.52 Å². The number of oxazole rings is 1. The maximum Gasteiger partial charge on any atom is 0.267 e. The molecule has 28 heavy (non-hydrogen) atoms. The van der Waals surface area contributed by atoms with Gasteiger partial charge in [0, 0.05) is 11.3 Å². The Labute approximate surface area is 171 Å². The average Bonchev–Trinajstić information content (AvgIpc) is 3.33. The second kappa shape index (κ2) is 7.53. The van der Waals surface area contributed by atoms with Crippen LogP contribution in [0.3, 0.4) is 0 Å². The Morgan fingerprint density at radius 3 is 2.71 bits per heavy atom. The lowest BCUT2D eigenvalue weighted by Crippen LogP contribution is -2.33. The minimum absolute atomic E-state index is 0.230. The number of hydrogen-bond acceptors (Lipinski definition) is 5. The lowest BCUT2D eigenvalue weighted by atomic mass is 10.1. The van der Waals surface area contributed by atoms with Crippen molar-refractivity contribution in [3.8, 4) is 11.5 Å². The van der Waals surface area contributed by atoms with Crippen LogP contribution in [0.4, 0.5) is 5.69 Å². The molecule has 0 unspecified atom stereocenters. The van der Waals surface area contributed by atoms with Gasteiger partial charge in [0.25, 0.3) is 5.91 Å². The van der Waals surface area contributed by atoms with Crippen LogP contribution < -0.4 is 10.6 Å². The lowest BCUT2D eigenvalue weighted by Gasteiger charge is -2.08. The number of fused-ring (bicyclic) bond motifs is 1. The van der Waals surface area contributed by atoms with Crippen LogP contribution >= 0.6 is 23.6 Å². The van der Waals surface area contributed by atoms with Crippen LogP contribution in [0, 0.1) is 13.8 Å². The van der Waals surface area contributed by atoms with Gasteiger partial charge in [0.05, 0.1) is 4.88 Å². The summed E-state index contributed by atoms with van der Waals surface area (Å²) in [6, 6.07) is 15.2. The Hall–Kier alpha value is -3.03. The minimum atomic E-state index is -0.230. The van der Waals surface area contributed by atoms with Gasteiger partial charge in [-0.15, -0.1) is 11.3 Å². The van der Waals surface area contributed by atoms with Gasteiger partial charge in [-0.3, -0.25) is 10.1 Å². The molecular formula is C21H17N3O2S2. The highest BCUT2D eigenvalue weighted by Gasteiger charge is 2.12. The number of aryl methyl sites for hydroxylation is 2. The summed E-state index contributed by atoms with van der Waals surface area (Å²) in [6.45, 7) is 4.14. The molecule has 0 saturated heterocycles. The number of nitrogens with one attached hydrogen (secondary N) is 2. The molecule has 7 heteroatoms. The molecule has 0 fully saturated rings. The number of amides is 1. The Kier molecular flexibility index (Phi) is 4.93. The first-order valence-electron chi connectivity index (χ1n) is 8.63. The summed E-state index contributed by atoms with van der Waals surface area (Å²) in [6.07, 6.45) is 0. The summed E-state index contributed by atoms with van der Waals surface area (Å²) < 4.78 is 5.88. The van der Waals surface area contributed by atoms with Crippen molar-refractivity contribution < 1.29 is 9.21 Å². The quantitative estimate of drug-likeness (QED) is 0.451. The van der Waals surface area contributed by atoms with E-state index in [1.54, 1.807) is 6.07 Å². The molecule has 2 aromatic carbocycles. The number of thiophene rings is 1. The maximum absolute atomic E-state index is 12.1. The van der Waals surface area contributed by atoms with Gasteiger partial charge in [-0.1, -0.05) is 12.1 Å². The van der Waals surface area contributed by atoms with Crippen LogP contribution in [0.25, 0.3) is 22.6 Å². The third-order valence-corrected chi connectivity index (χ3v) is 5.44. The topological polar surface area (TPSA) is 67.2 Å². The highest BCUT2D eigenvalue weighted by molar-refractivity contribution is 7.80. The number of carbonyl (C=O) groups is 1. The van der Waals surface area contributed by atoms with Crippen LogP contribution in [0.1, 0.15) is 20.8 Å². The monoisotopic (exact) mass is 407 g/mol. The largest absolute Gasteiger partial charge is 0.436 e. The zero-order valence-corrected chi connectivity index (χ0v) is 16.9. The summed E-state index contributed by atoms with van der Waals surface area (Å²) in [4.78, 5) is 17.3. The molecule has 0 atom stereocenters. The minimum Gasteiger partial charge on any atom is -0.436 e. The normalized spacial score (nSPS) is 10.8. The van der Waals surface area contributed by atoms with Crippen LogP contribution in [0.5, 0.6) is 0 Å². The second-order valence-electron chi connectivity index (χ2n) is 6.39. The summed E-state index contributed by atoms with van der Waals surface area (Å²) >= 11 is 6.60. The van der Waals surface area contributed by atoms with Gasteiger partial charge in [-0.2, -0.15) is 0 Å². The van der Waals surface area contributed by atoms with Crippen molar-refractivity contribution in [2.75, 3.05) is 5.32 Å². The summed E-state index contributed by atoms with van der Waals surface area (Å²) in [5, 5.41) is 7.76. The zero-order chi connectivity index (χ0) is 19.7. The van der Waals surface area contributed by atoms with Crippen molar-refractivity contribution in [3.63, 3.8) is 0 Å². The molecule has 0 bridgehead atoms. The van der Waals surface area contributed by atoms with E-state index in [9.17, 15) is 4.79 Å². The molecule has 0 aliphatic heterocycles. The number of thiocarbonyl (C=S) groups is 1. The predicted octanol–water partition coefficient (Wildman–Crippen LogP) is 5.30. The van der Waals surface area contributed by atoms with Gasteiger partial charge in [-0.05, 0) is 79.0 Å². The Bertz CT molecular complexity index is 1180. The predicted molar refractivity (Wildman–Crippen MR) is 117 cm³/mol. The Morgan fingerprint density at radius 1 is 1.11 bits per heavy atom.